The molecule has 45 heavy (non-hydrogen) atoms. The van der Waals surface area contributed by atoms with Crippen LogP contribution in [0.4, 0.5) is 0 Å². The SMILES string of the molecule is CC1(C)c2ccccc2-c2ccc(-c3ccc4c(c3)C(C)(C)c3cc(-c5cccc6c5-c5ccccc5C6(C)C)ccc3-4)cc21. The molecule has 6 aromatic rings. The predicted molar refractivity (Wildman–Crippen MR) is 190 cm³/mol. The quantitative estimate of drug-likeness (QED) is 0.192. The zero-order chi connectivity index (χ0) is 30.9. The van der Waals surface area contributed by atoms with Crippen molar-refractivity contribution >= 4 is 0 Å². The number of hydrogen-bond donors (Lipinski definition) is 0. The van der Waals surface area contributed by atoms with Crippen LogP contribution in [0.1, 0.15) is 74.9 Å². The van der Waals surface area contributed by atoms with Crippen molar-refractivity contribution in [3.8, 4) is 55.6 Å². The number of rotatable bonds is 2. The van der Waals surface area contributed by atoms with Crippen LogP contribution in [0.2, 0.25) is 0 Å². The van der Waals surface area contributed by atoms with Crippen LogP contribution in [-0.4, -0.2) is 0 Å². The monoisotopic (exact) mass is 578 g/mol. The van der Waals surface area contributed by atoms with Crippen LogP contribution >= 0.6 is 0 Å². The lowest BCUT2D eigenvalue weighted by Gasteiger charge is -2.24. The molecule has 6 aromatic carbocycles. The van der Waals surface area contributed by atoms with Gasteiger partial charge in [-0.2, -0.15) is 0 Å². The Labute approximate surface area is 267 Å². The maximum absolute atomic E-state index is 2.48. The average Bonchev–Trinajstić information content (AvgIpc) is 3.54. The third-order valence-corrected chi connectivity index (χ3v) is 11.5. The fourth-order valence-corrected chi connectivity index (χ4v) is 8.96. The van der Waals surface area contributed by atoms with Crippen molar-refractivity contribution in [1.29, 1.82) is 0 Å². The van der Waals surface area contributed by atoms with Gasteiger partial charge in [0.1, 0.15) is 0 Å². The molecule has 0 bridgehead atoms. The van der Waals surface area contributed by atoms with Crippen LogP contribution in [0, 0.1) is 0 Å². The van der Waals surface area contributed by atoms with Gasteiger partial charge in [0.25, 0.3) is 0 Å². The Morgan fingerprint density at radius 3 is 1.27 bits per heavy atom. The molecule has 0 saturated carbocycles. The van der Waals surface area contributed by atoms with Crippen molar-refractivity contribution in [3.05, 3.63) is 155 Å². The summed E-state index contributed by atoms with van der Waals surface area (Å²) in [6, 6.07) is 46.2. The molecule has 0 fully saturated rings. The predicted octanol–water partition coefficient (Wildman–Crippen LogP) is 11.9. The average molecular weight is 579 g/mol. The fraction of sp³-hybridized carbons (Fsp3) is 0.200. The van der Waals surface area contributed by atoms with Gasteiger partial charge in [0.2, 0.25) is 0 Å². The molecule has 0 spiro atoms. The Hall–Kier alpha value is -4.68. The lowest BCUT2D eigenvalue weighted by Crippen LogP contribution is -2.15. The van der Waals surface area contributed by atoms with E-state index in [-0.39, 0.29) is 16.2 Å². The van der Waals surface area contributed by atoms with Gasteiger partial charge in [-0.1, -0.05) is 145 Å². The third kappa shape index (κ3) is 3.43. The Morgan fingerprint density at radius 2 is 0.667 bits per heavy atom. The third-order valence-electron chi connectivity index (χ3n) is 11.5. The summed E-state index contributed by atoms with van der Waals surface area (Å²) in [6.07, 6.45) is 0. The van der Waals surface area contributed by atoms with Gasteiger partial charge in [0.05, 0.1) is 0 Å². The van der Waals surface area contributed by atoms with Crippen molar-refractivity contribution in [2.45, 2.75) is 57.8 Å². The highest BCUT2D eigenvalue weighted by atomic mass is 14.4. The van der Waals surface area contributed by atoms with Crippen LogP contribution < -0.4 is 0 Å². The first-order valence-corrected chi connectivity index (χ1v) is 16.4. The van der Waals surface area contributed by atoms with Crippen molar-refractivity contribution in [3.63, 3.8) is 0 Å². The molecule has 0 N–H and O–H groups in total. The molecule has 0 saturated heterocycles. The number of benzene rings is 6. The summed E-state index contributed by atoms with van der Waals surface area (Å²) >= 11 is 0. The molecule has 3 aliphatic rings. The molecule has 0 heterocycles. The minimum atomic E-state index is -0.0992. The van der Waals surface area contributed by atoms with Gasteiger partial charge in [-0.15, -0.1) is 0 Å². The second kappa shape index (κ2) is 8.73. The summed E-state index contributed by atoms with van der Waals surface area (Å²) in [5.41, 5.74) is 21.9. The molecule has 0 heteroatoms. The topological polar surface area (TPSA) is 0 Å². The first kappa shape index (κ1) is 26.7. The van der Waals surface area contributed by atoms with Crippen LogP contribution in [0.5, 0.6) is 0 Å². The van der Waals surface area contributed by atoms with Crippen LogP contribution in [0.3, 0.4) is 0 Å². The van der Waals surface area contributed by atoms with Gasteiger partial charge < -0.3 is 0 Å². The van der Waals surface area contributed by atoms with E-state index in [0.717, 1.165) is 0 Å². The molecule has 9 rings (SSSR count). The summed E-state index contributed by atoms with van der Waals surface area (Å²) in [4.78, 5) is 0. The van der Waals surface area contributed by atoms with E-state index in [4.69, 9.17) is 0 Å². The molecule has 0 unspecified atom stereocenters. The first-order valence-electron chi connectivity index (χ1n) is 16.4. The molecule has 0 aliphatic heterocycles. The van der Waals surface area contributed by atoms with Gasteiger partial charge in [-0.3, -0.25) is 0 Å². The van der Waals surface area contributed by atoms with E-state index >= 15 is 0 Å². The molecular formula is C45H38. The maximum atomic E-state index is 2.48. The molecule has 0 radical (unpaired) electrons. The second-order valence-corrected chi connectivity index (χ2v) is 15.0. The van der Waals surface area contributed by atoms with Gasteiger partial charge in [-0.25, -0.2) is 0 Å². The Morgan fingerprint density at radius 1 is 0.289 bits per heavy atom. The van der Waals surface area contributed by atoms with E-state index in [1.807, 2.05) is 0 Å². The first-order chi connectivity index (χ1) is 21.6. The molecule has 0 nitrogen and oxygen atoms in total. The number of fused-ring (bicyclic) bond motifs is 9. The minimum Gasteiger partial charge on any atom is -0.0619 e. The van der Waals surface area contributed by atoms with Crippen molar-refractivity contribution < 1.29 is 0 Å². The van der Waals surface area contributed by atoms with Gasteiger partial charge in [0, 0.05) is 16.2 Å². The normalized spacial score (nSPS) is 16.8. The Kier molecular flexibility index (Phi) is 5.18. The highest BCUT2D eigenvalue weighted by molar-refractivity contribution is 5.94. The summed E-state index contributed by atoms with van der Waals surface area (Å²) in [6.45, 7) is 14.3. The molecule has 218 valence electrons. The molecular weight excluding hydrogens is 540 g/mol. The van der Waals surface area contributed by atoms with E-state index in [0.29, 0.717) is 0 Å². The van der Waals surface area contributed by atoms with E-state index in [2.05, 4.69) is 163 Å². The maximum Gasteiger partial charge on any atom is 0.0159 e. The largest absolute Gasteiger partial charge is 0.0619 e. The molecule has 0 aromatic heterocycles. The summed E-state index contributed by atoms with van der Waals surface area (Å²) in [7, 11) is 0. The zero-order valence-electron chi connectivity index (χ0n) is 27.0. The van der Waals surface area contributed by atoms with Crippen LogP contribution in [-0.2, 0) is 16.2 Å². The van der Waals surface area contributed by atoms with Crippen LogP contribution in [0.25, 0.3) is 55.6 Å². The van der Waals surface area contributed by atoms with Gasteiger partial charge in [-0.05, 0) is 107 Å². The Balaban J connectivity index is 1.14. The summed E-state index contributed by atoms with van der Waals surface area (Å²) in [5, 5.41) is 0. The lowest BCUT2D eigenvalue weighted by molar-refractivity contribution is 0.659. The van der Waals surface area contributed by atoms with E-state index in [1.54, 1.807) is 0 Å². The fourth-order valence-electron chi connectivity index (χ4n) is 8.96. The lowest BCUT2D eigenvalue weighted by atomic mass is 9.79. The smallest absolute Gasteiger partial charge is 0.0159 e. The van der Waals surface area contributed by atoms with Gasteiger partial charge in [0.15, 0.2) is 0 Å². The van der Waals surface area contributed by atoms with Crippen molar-refractivity contribution in [2.75, 3.05) is 0 Å². The van der Waals surface area contributed by atoms with E-state index in [9.17, 15) is 0 Å². The summed E-state index contributed by atoms with van der Waals surface area (Å²) < 4.78 is 0. The highest BCUT2D eigenvalue weighted by Crippen LogP contribution is 2.55. The van der Waals surface area contributed by atoms with Crippen molar-refractivity contribution in [2.24, 2.45) is 0 Å². The highest BCUT2D eigenvalue weighted by Gasteiger charge is 2.39. The van der Waals surface area contributed by atoms with Crippen LogP contribution in [0.15, 0.2) is 121 Å². The molecule has 0 amide bonds. The molecule has 3 aliphatic carbocycles. The standard InChI is InChI=1S/C45H38/c1-43(2)37-16-10-8-13-35(37)42-30(14-11-17-38(42)43)29-20-23-34-33-22-19-28(25-40(33)45(5,6)41(34)26-29)27-18-21-32-31-12-7-9-15-36(31)44(3,4)39(32)24-27/h7-26H,1-6H3. The second-order valence-electron chi connectivity index (χ2n) is 15.0. The van der Waals surface area contributed by atoms with Crippen molar-refractivity contribution in [1.82, 2.24) is 0 Å². The Bertz CT molecular complexity index is 2240. The minimum absolute atomic E-state index is 0.000131. The van der Waals surface area contributed by atoms with E-state index < -0.39 is 0 Å². The summed E-state index contributed by atoms with van der Waals surface area (Å²) in [5.74, 6) is 0. The zero-order valence-corrected chi connectivity index (χ0v) is 27.0. The number of hydrogen-bond acceptors (Lipinski definition) is 0. The van der Waals surface area contributed by atoms with Gasteiger partial charge >= 0.3 is 0 Å². The molecule has 0 atom stereocenters. The van der Waals surface area contributed by atoms with E-state index in [1.165, 1.54) is 89.0 Å².